The van der Waals surface area contributed by atoms with Crippen LogP contribution in [0.25, 0.3) is 0 Å². The van der Waals surface area contributed by atoms with Gasteiger partial charge < -0.3 is 14.3 Å². The second-order valence-electron chi connectivity index (χ2n) is 4.95. The van der Waals surface area contributed by atoms with Crippen LogP contribution in [0.15, 0.2) is 24.3 Å². The Morgan fingerprint density at radius 3 is 2.25 bits per heavy atom. The molecule has 0 radical (unpaired) electrons. The first-order chi connectivity index (χ1) is 9.31. The van der Waals surface area contributed by atoms with Crippen molar-refractivity contribution < 1.29 is 23.9 Å². The summed E-state index contributed by atoms with van der Waals surface area (Å²) >= 11 is 0. The highest BCUT2D eigenvalue weighted by molar-refractivity contribution is 5.89. The van der Waals surface area contributed by atoms with Gasteiger partial charge in [0.2, 0.25) is 0 Å². The lowest BCUT2D eigenvalue weighted by Crippen LogP contribution is -2.34. The molecule has 0 aliphatic rings. The Labute approximate surface area is 118 Å². The lowest BCUT2D eigenvalue weighted by molar-refractivity contribution is 0.0286. The summed E-state index contributed by atoms with van der Waals surface area (Å²) in [6.45, 7) is 7.31. The summed E-state index contributed by atoms with van der Waals surface area (Å²) in [4.78, 5) is 27.8. The van der Waals surface area contributed by atoms with E-state index in [1.165, 1.54) is 0 Å². The topological polar surface area (TPSA) is 73.9 Å². The van der Waals surface area contributed by atoms with Crippen molar-refractivity contribution >= 4 is 12.1 Å². The number of carbonyl (C=O) groups is 2. The fourth-order valence-corrected chi connectivity index (χ4v) is 1.27. The first kappa shape index (κ1) is 15.8. The second-order valence-corrected chi connectivity index (χ2v) is 4.95. The molecule has 6 nitrogen and oxygen atoms in total. The molecule has 1 amide bonds. The van der Waals surface area contributed by atoms with Crippen molar-refractivity contribution in [3.63, 3.8) is 0 Å². The van der Waals surface area contributed by atoms with Crippen LogP contribution in [0.2, 0.25) is 0 Å². The van der Waals surface area contributed by atoms with E-state index in [0.29, 0.717) is 17.9 Å². The Kier molecular flexibility index (Phi) is 5.37. The smallest absolute Gasteiger partial charge is 0.441 e. The van der Waals surface area contributed by atoms with E-state index < -0.39 is 17.7 Å². The lowest BCUT2D eigenvalue weighted by atomic mass is 10.2. The van der Waals surface area contributed by atoms with Gasteiger partial charge in [-0.2, -0.15) is 5.48 Å². The van der Waals surface area contributed by atoms with Crippen molar-refractivity contribution in [1.82, 2.24) is 5.48 Å². The summed E-state index contributed by atoms with van der Waals surface area (Å²) in [5.74, 6) is -0.0249. The quantitative estimate of drug-likeness (QED) is 0.678. The van der Waals surface area contributed by atoms with Gasteiger partial charge in [0, 0.05) is 0 Å². The Morgan fingerprint density at radius 2 is 1.75 bits per heavy atom. The number of benzene rings is 1. The molecule has 0 aliphatic heterocycles. The van der Waals surface area contributed by atoms with E-state index >= 15 is 0 Å². The molecule has 1 aromatic carbocycles. The van der Waals surface area contributed by atoms with Gasteiger partial charge in [0.15, 0.2) is 5.75 Å². The number of hydrogen-bond acceptors (Lipinski definition) is 5. The van der Waals surface area contributed by atoms with Gasteiger partial charge >= 0.3 is 12.1 Å². The summed E-state index contributed by atoms with van der Waals surface area (Å²) < 4.78 is 9.86. The minimum atomic E-state index is -0.688. The van der Waals surface area contributed by atoms with Crippen molar-refractivity contribution in [2.75, 3.05) is 6.61 Å². The largest absolute Gasteiger partial charge is 0.462 e. The monoisotopic (exact) mass is 281 g/mol. The van der Waals surface area contributed by atoms with E-state index in [2.05, 4.69) is 5.48 Å². The van der Waals surface area contributed by atoms with Gasteiger partial charge in [0.1, 0.15) is 5.60 Å². The average molecular weight is 281 g/mol. The molecule has 0 atom stereocenters. The van der Waals surface area contributed by atoms with Crippen LogP contribution >= 0.6 is 0 Å². The van der Waals surface area contributed by atoms with Crippen LogP contribution < -0.4 is 10.3 Å². The van der Waals surface area contributed by atoms with Crippen molar-refractivity contribution in [2.45, 2.75) is 33.3 Å². The molecule has 6 heteroatoms. The summed E-state index contributed by atoms with van der Waals surface area (Å²) in [6, 6.07) is 6.18. The average Bonchev–Trinajstić information content (AvgIpc) is 2.35. The van der Waals surface area contributed by atoms with Crippen LogP contribution in [0.3, 0.4) is 0 Å². The molecule has 0 saturated carbocycles. The van der Waals surface area contributed by atoms with Crippen molar-refractivity contribution in [2.24, 2.45) is 0 Å². The van der Waals surface area contributed by atoms with Gasteiger partial charge in [0.25, 0.3) is 0 Å². The van der Waals surface area contributed by atoms with E-state index in [9.17, 15) is 9.59 Å². The zero-order valence-corrected chi connectivity index (χ0v) is 12.1. The molecule has 0 heterocycles. The predicted octanol–water partition coefficient (Wildman–Crippen LogP) is 2.68. The maximum atomic E-state index is 11.4. The standard InChI is InChI=1S/C14H19NO5/c1-5-18-12(16)10-6-8-11(9-7-10)20-15-13(17)19-14(2,3)4/h6-9H,5H2,1-4H3,(H,15,17). The van der Waals surface area contributed by atoms with Gasteiger partial charge in [-0.1, -0.05) is 0 Å². The SMILES string of the molecule is CCOC(=O)c1ccc(ONC(=O)OC(C)(C)C)cc1. The van der Waals surface area contributed by atoms with Crippen molar-refractivity contribution in [1.29, 1.82) is 0 Å². The molecule has 0 unspecified atom stereocenters. The third kappa shape index (κ3) is 5.60. The van der Waals surface area contributed by atoms with Gasteiger partial charge in [0.05, 0.1) is 12.2 Å². The molecular formula is C14H19NO5. The zero-order valence-electron chi connectivity index (χ0n) is 12.1. The highest BCUT2D eigenvalue weighted by Gasteiger charge is 2.16. The fraction of sp³-hybridized carbons (Fsp3) is 0.429. The molecule has 20 heavy (non-hydrogen) atoms. The Bertz CT molecular complexity index is 461. The fourth-order valence-electron chi connectivity index (χ4n) is 1.27. The summed E-state index contributed by atoms with van der Waals surface area (Å²) in [7, 11) is 0. The van der Waals surface area contributed by atoms with E-state index in [-0.39, 0.29) is 0 Å². The second kappa shape index (κ2) is 6.79. The summed E-state index contributed by atoms with van der Waals surface area (Å²) in [5.41, 5.74) is 1.97. The first-order valence-corrected chi connectivity index (χ1v) is 6.25. The number of amides is 1. The van der Waals surface area contributed by atoms with E-state index in [1.54, 1.807) is 52.0 Å². The van der Waals surface area contributed by atoms with Crippen LogP contribution in [0, 0.1) is 0 Å². The molecule has 110 valence electrons. The van der Waals surface area contributed by atoms with Gasteiger partial charge in [-0.15, -0.1) is 0 Å². The zero-order chi connectivity index (χ0) is 15.2. The Morgan fingerprint density at radius 1 is 1.15 bits per heavy atom. The minimum absolute atomic E-state index is 0.317. The first-order valence-electron chi connectivity index (χ1n) is 6.25. The molecule has 0 fully saturated rings. The maximum absolute atomic E-state index is 11.4. The van der Waals surface area contributed by atoms with Gasteiger partial charge in [-0.05, 0) is 52.0 Å². The highest BCUT2D eigenvalue weighted by atomic mass is 16.7. The van der Waals surface area contributed by atoms with E-state index in [0.717, 1.165) is 0 Å². The van der Waals surface area contributed by atoms with Crippen molar-refractivity contribution in [3.05, 3.63) is 29.8 Å². The third-order valence-corrected chi connectivity index (χ3v) is 2.02. The number of nitrogens with one attached hydrogen (secondary N) is 1. The van der Waals surface area contributed by atoms with E-state index in [4.69, 9.17) is 14.3 Å². The normalized spacial score (nSPS) is 10.6. The molecule has 0 aromatic heterocycles. The van der Waals surface area contributed by atoms with Crippen LogP contribution in [0.4, 0.5) is 4.79 Å². The molecule has 0 saturated heterocycles. The highest BCUT2D eigenvalue weighted by Crippen LogP contribution is 2.12. The molecule has 0 spiro atoms. The van der Waals surface area contributed by atoms with Crippen LogP contribution in [-0.4, -0.2) is 24.3 Å². The molecule has 1 aromatic rings. The molecule has 0 bridgehead atoms. The Hall–Kier alpha value is -2.24. The van der Waals surface area contributed by atoms with Crippen LogP contribution in [0.5, 0.6) is 5.75 Å². The number of hydrogen-bond donors (Lipinski definition) is 1. The number of hydroxylamine groups is 1. The van der Waals surface area contributed by atoms with Crippen LogP contribution in [0.1, 0.15) is 38.1 Å². The van der Waals surface area contributed by atoms with Crippen LogP contribution in [-0.2, 0) is 9.47 Å². The predicted molar refractivity (Wildman–Crippen MR) is 72.4 cm³/mol. The summed E-state index contributed by atoms with van der Waals surface area (Å²) in [5, 5.41) is 0. The number of rotatable bonds is 4. The number of ether oxygens (including phenoxy) is 2. The molecule has 0 aliphatic carbocycles. The number of esters is 1. The summed E-state index contributed by atoms with van der Waals surface area (Å²) in [6.07, 6.45) is -0.688. The maximum Gasteiger partial charge on any atom is 0.441 e. The van der Waals surface area contributed by atoms with Gasteiger partial charge in [-0.3, -0.25) is 0 Å². The lowest BCUT2D eigenvalue weighted by Gasteiger charge is -2.19. The van der Waals surface area contributed by atoms with Crippen molar-refractivity contribution in [3.8, 4) is 5.75 Å². The molecule has 1 rings (SSSR count). The minimum Gasteiger partial charge on any atom is -0.462 e. The van der Waals surface area contributed by atoms with Gasteiger partial charge in [-0.25, -0.2) is 9.59 Å². The van der Waals surface area contributed by atoms with E-state index in [1.807, 2.05) is 0 Å². The molecule has 1 N–H and O–H groups in total. The Balaban J connectivity index is 2.50. The number of carbonyl (C=O) groups excluding carboxylic acids is 2. The third-order valence-electron chi connectivity index (χ3n) is 2.02. The molecular weight excluding hydrogens is 262 g/mol.